The summed E-state index contributed by atoms with van der Waals surface area (Å²) in [5.41, 5.74) is 1.01. The Balaban J connectivity index is 2.09. The first-order chi connectivity index (χ1) is 9.08. The molecule has 0 radical (unpaired) electrons. The fraction of sp³-hybridized carbons (Fsp3) is 0.231. The Bertz CT molecular complexity index is 567. The fourth-order valence-electron chi connectivity index (χ4n) is 1.61. The summed E-state index contributed by atoms with van der Waals surface area (Å²) in [4.78, 5) is 15.0. The first-order valence-electron chi connectivity index (χ1n) is 5.80. The minimum Gasteiger partial charge on any atom is -0.384 e. The Morgan fingerprint density at radius 3 is 2.95 bits per heavy atom. The van der Waals surface area contributed by atoms with Crippen LogP contribution in [0.5, 0.6) is 0 Å². The van der Waals surface area contributed by atoms with E-state index in [-0.39, 0.29) is 6.54 Å². The average molecular weight is 263 g/mol. The maximum Gasteiger partial charge on any atom is 0.248 e. The molecule has 0 aliphatic heterocycles. The van der Waals surface area contributed by atoms with Crippen molar-refractivity contribution in [1.29, 1.82) is 0 Å². The second-order valence-corrected chi connectivity index (χ2v) is 4.15. The quantitative estimate of drug-likeness (QED) is 0.865. The molecule has 1 atom stereocenters. The molecular weight excluding hydrogens is 249 g/mol. The van der Waals surface area contributed by atoms with E-state index in [1.54, 1.807) is 29.1 Å². The van der Waals surface area contributed by atoms with Crippen LogP contribution in [0.1, 0.15) is 12.5 Å². The molecule has 6 heteroatoms. The molecule has 5 nitrogen and oxygen atoms in total. The standard InChI is InChI=1S/C13H14FN3O2/c1-9(18)13(19)16-7-10-2-3-12(11(14)6-10)17-5-4-15-8-17/h2-6,8-9,18H,7H2,1H3,(H,16,19). The van der Waals surface area contributed by atoms with Crippen molar-refractivity contribution in [3.05, 3.63) is 48.3 Å². The summed E-state index contributed by atoms with van der Waals surface area (Å²) in [5, 5.41) is 11.5. The van der Waals surface area contributed by atoms with E-state index in [2.05, 4.69) is 10.3 Å². The number of aliphatic hydroxyl groups excluding tert-OH is 1. The highest BCUT2D eigenvalue weighted by Gasteiger charge is 2.09. The van der Waals surface area contributed by atoms with Crippen LogP contribution in [-0.4, -0.2) is 26.7 Å². The first kappa shape index (κ1) is 13.2. The number of aliphatic hydroxyl groups is 1. The van der Waals surface area contributed by atoms with Gasteiger partial charge in [-0.1, -0.05) is 6.07 Å². The van der Waals surface area contributed by atoms with Crippen LogP contribution in [-0.2, 0) is 11.3 Å². The van der Waals surface area contributed by atoms with Crippen LogP contribution in [0.15, 0.2) is 36.9 Å². The lowest BCUT2D eigenvalue weighted by molar-refractivity contribution is -0.128. The van der Waals surface area contributed by atoms with Gasteiger partial charge in [0.25, 0.3) is 0 Å². The number of rotatable bonds is 4. The molecule has 2 rings (SSSR count). The molecule has 2 aromatic rings. The van der Waals surface area contributed by atoms with Crippen molar-refractivity contribution in [2.24, 2.45) is 0 Å². The van der Waals surface area contributed by atoms with Crippen molar-refractivity contribution in [1.82, 2.24) is 14.9 Å². The van der Waals surface area contributed by atoms with Gasteiger partial charge in [0.05, 0.1) is 12.0 Å². The molecule has 1 aromatic carbocycles. The van der Waals surface area contributed by atoms with E-state index < -0.39 is 17.8 Å². The molecule has 0 saturated carbocycles. The van der Waals surface area contributed by atoms with Gasteiger partial charge in [-0.25, -0.2) is 9.37 Å². The Hall–Kier alpha value is -2.21. The minimum absolute atomic E-state index is 0.171. The third-order valence-corrected chi connectivity index (χ3v) is 2.64. The second kappa shape index (κ2) is 5.62. The van der Waals surface area contributed by atoms with Gasteiger partial charge in [-0.3, -0.25) is 4.79 Å². The van der Waals surface area contributed by atoms with Gasteiger partial charge in [0.15, 0.2) is 0 Å². The predicted octanol–water partition coefficient (Wildman–Crippen LogP) is 1.01. The molecule has 2 N–H and O–H groups in total. The summed E-state index contributed by atoms with van der Waals surface area (Å²) < 4.78 is 15.4. The largest absolute Gasteiger partial charge is 0.384 e. The van der Waals surface area contributed by atoms with Gasteiger partial charge in [-0.15, -0.1) is 0 Å². The second-order valence-electron chi connectivity index (χ2n) is 4.15. The molecule has 0 aliphatic rings. The zero-order valence-electron chi connectivity index (χ0n) is 10.4. The normalized spacial score (nSPS) is 12.2. The fourth-order valence-corrected chi connectivity index (χ4v) is 1.61. The molecule has 0 aliphatic carbocycles. The molecule has 1 unspecified atom stereocenters. The SMILES string of the molecule is CC(O)C(=O)NCc1ccc(-n2ccnc2)c(F)c1. The maximum atomic E-state index is 13.9. The van der Waals surface area contributed by atoms with Crippen molar-refractivity contribution in [2.75, 3.05) is 0 Å². The van der Waals surface area contributed by atoms with Gasteiger partial charge in [0.1, 0.15) is 11.9 Å². The van der Waals surface area contributed by atoms with Crippen LogP contribution < -0.4 is 5.32 Å². The molecule has 1 amide bonds. The van der Waals surface area contributed by atoms with Crippen LogP contribution in [0.3, 0.4) is 0 Å². The van der Waals surface area contributed by atoms with Crippen LogP contribution >= 0.6 is 0 Å². The summed E-state index contributed by atoms with van der Waals surface area (Å²) in [7, 11) is 0. The zero-order valence-corrected chi connectivity index (χ0v) is 10.4. The molecule has 0 fully saturated rings. The number of halogens is 1. The first-order valence-corrected chi connectivity index (χ1v) is 5.80. The van der Waals surface area contributed by atoms with E-state index in [4.69, 9.17) is 5.11 Å². The summed E-state index contributed by atoms with van der Waals surface area (Å²) >= 11 is 0. The number of nitrogens with zero attached hydrogens (tertiary/aromatic N) is 2. The van der Waals surface area contributed by atoms with E-state index in [0.717, 1.165) is 0 Å². The van der Waals surface area contributed by atoms with Crippen molar-refractivity contribution < 1.29 is 14.3 Å². The lowest BCUT2D eigenvalue weighted by Gasteiger charge is -2.09. The van der Waals surface area contributed by atoms with Crippen molar-refractivity contribution >= 4 is 5.91 Å². The third-order valence-electron chi connectivity index (χ3n) is 2.64. The topological polar surface area (TPSA) is 67.2 Å². The van der Waals surface area contributed by atoms with E-state index in [0.29, 0.717) is 11.3 Å². The Kier molecular flexibility index (Phi) is 3.91. The minimum atomic E-state index is -1.07. The lowest BCUT2D eigenvalue weighted by atomic mass is 10.2. The number of imidazole rings is 1. The highest BCUT2D eigenvalue weighted by atomic mass is 19.1. The third kappa shape index (κ3) is 3.17. The number of amides is 1. The average Bonchev–Trinajstić information content (AvgIpc) is 2.89. The molecular formula is C13H14FN3O2. The lowest BCUT2D eigenvalue weighted by Crippen LogP contribution is -2.31. The molecule has 19 heavy (non-hydrogen) atoms. The van der Waals surface area contributed by atoms with Gasteiger partial charge in [0, 0.05) is 18.9 Å². The van der Waals surface area contributed by atoms with E-state index in [1.165, 1.54) is 19.3 Å². The van der Waals surface area contributed by atoms with Gasteiger partial charge >= 0.3 is 0 Å². The van der Waals surface area contributed by atoms with Crippen LogP contribution in [0.2, 0.25) is 0 Å². The smallest absolute Gasteiger partial charge is 0.248 e. The zero-order chi connectivity index (χ0) is 13.8. The molecule has 0 saturated heterocycles. The summed E-state index contributed by atoms with van der Waals surface area (Å²) in [6.45, 7) is 1.54. The summed E-state index contributed by atoms with van der Waals surface area (Å²) in [5.74, 6) is -0.888. The van der Waals surface area contributed by atoms with Gasteiger partial charge in [0.2, 0.25) is 5.91 Å². The van der Waals surface area contributed by atoms with Crippen LogP contribution in [0.25, 0.3) is 5.69 Å². The Labute approximate surface area is 109 Å². The van der Waals surface area contributed by atoms with Crippen LogP contribution in [0, 0.1) is 5.82 Å². The van der Waals surface area contributed by atoms with Crippen molar-refractivity contribution in [2.45, 2.75) is 19.6 Å². The van der Waals surface area contributed by atoms with Gasteiger partial charge in [-0.2, -0.15) is 0 Å². The van der Waals surface area contributed by atoms with Crippen molar-refractivity contribution in [3.8, 4) is 5.69 Å². The highest BCUT2D eigenvalue weighted by molar-refractivity contribution is 5.79. The molecule has 100 valence electrons. The number of aromatic nitrogens is 2. The summed E-state index contributed by atoms with van der Waals surface area (Å²) in [6, 6.07) is 4.67. The number of carbonyl (C=O) groups excluding carboxylic acids is 1. The number of carbonyl (C=O) groups is 1. The Morgan fingerprint density at radius 2 is 2.37 bits per heavy atom. The maximum absolute atomic E-state index is 13.9. The number of hydrogen-bond acceptors (Lipinski definition) is 3. The van der Waals surface area contributed by atoms with E-state index >= 15 is 0 Å². The molecule has 0 bridgehead atoms. The Morgan fingerprint density at radius 1 is 1.58 bits per heavy atom. The molecule has 0 spiro atoms. The molecule has 1 heterocycles. The predicted molar refractivity (Wildman–Crippen MR) is 67.0 cm³/mol. The van der Waals surface area contributed by atoms with E-state index in [1.807, 2.05) is 0 Å². The monoisotopic (exact) mass is 263 g/mol. The number of hydrogen-bond donors (Lipinski definition) is 2. The number of nitrogens with one attached hydrogen (secondary N) is 1. The highest BCUT2D eigenvalue weighted by Crippen LogP contribution is 2.14. The van der Waals surface area contributed by atoms with E-state index in [9.17, 15) is 9.18 Å². The van der Waals surface area contributed by atoms with Crippen molar-refractivity contribution in [3.63, 3.8) is 0 Å². The van der Waals surface area contributed by atoms with Crippen LogP contribution in [0.4, 0.5) is 4.39 Å². The number of benzene rings is 1. The van der Waals surface area contributed by atoms with Gasteiger partial charge in [-0.05, 0) is 24.6 Å². The summed E-state index contributed by atoms with van der Waals surface area (Å²) in [6.07, 6.45) is 3.65. The molecule has 1 aromatic heterocycles. The van der Waals surface area contributed by atoms with Gasteiger partial charge < -0.3 is 15.0 Å².